The molecule has 1 aromatic heterocycles. The molecule has 1 heterocycles. The maximum Gasteiger partial charge on any atom is 0.0551 e. The van der Waals surface area contributed by atoms with E-state index in [2.05, 4.69) is 18.1 Å². The molecule has 1 saturated carbocycles. The van der Waals surface area contributed by atoms with Crippen LogP contribution < -0.4 is 5.73 Å². The highest BCUT2D eigenvalue weighted by molar-refractivity contribution is 5.06. The third-order valence-electron chi connectivity index (χ3n) is 3.79. The SMILES string of the molecule is CCn1nccc1C(N)CCC1CCCC1. The minimum absolute atomic E-state index is 0.169. The summed E-state index contributed by atoms with van der Waals surface area (Å²) in [6.45, 7) is 3.03. The quantitative estimate of drug-likeness (QED) is 0.831. The number of hydrogen-bond acceptors (Lipinski definition) is 2. The summed E-state index contributed by atoms with van der Waals surface area (Å²) in [6.07, 6.45) is 9.93. The van der Waals surface area contributed by atoms with Crippen LogP contribution in [0.5, 0.6) is 0 Å². The molecule has 1 atom stereocenters. The van der Waals surface area contributed by atoms with E-state index in [1.54, 1.807) is 0 Å². The predicted octanol–water partition coefficient (Wildman–Crippen LogP) is 2.87. The monoisotopic (exact) mass is 221 g/mol. The zero-order valence-corrected chi connectivity index (χ0v) is 10.2. The Kier molecular flexibility index (Phi) is 3.99. The molecule has 2 N–H and O–H groups in total. The van der Waals surface area contributed by atoms with Crippen LogP contribution >= 0.6 is 0 Å². The summed E-state index contributed by atoms with van der Waals surface area (Å²) < 4.78 is 2.01. The third-order valence-corrected chi connectivity index (χ3v) is 3.79. The molecule has 0 aliphatic heterocycles. The van der Waals surface area contributed by atoms with Crippen LogP contribution in [-0.2, 0) is 6.54 Å². The summed E-state index contributed by atoms with van der Waals surface area (Å²) in [4.78, 5) is 0. The molecule has 0 spiro atoms. The van der Waals surface area contributed by atoms with E-state index in [1.165, 1.54) is 37.8 Å². The Morgan fingerprint density at radius 2 is 2.25 bits per heavy atom. The Balaban J connectivity index is 1.84. The first kappa shape index (κ1) is 11.6. The topological polar surface area (TPSA) is 43.8 Å². The molecule has 0 saturated heterocycles. The molecule has 1 aromatic rings. The van der Waals surface area contributed by atoms with Crippen molar-refractivity contribution in [3.05, 3.63) is 18.0 Å². The fourth-order valence-corrected chi connectivity index (χ4v) is 2.78. The van der Waals surface area contributed by atoms with Crippen molar-refractivity contribution in [2.24, 2.45) is 11.7 Å². The van der Waals surface area contributed by atoms with Gasteiger partial charge in [0.15, 0.2) is 0 Å². The van der Waals surface area contributed by atoms with Crippen LogP contribution in [0, 0.1) is 5.92 Å². The normalized spacial score (nSPS) is 19.1. The second kappa shape index (κ2) is 5.48. The average Bonchev–Trinajstić information content (AvgIpc) is 2.96. The molecule has 1 fully saturated rings. The second-order valence-corrected chi connectivity index (χ2v) is 4.91. The molecular weight excluding hydrogens is 198 g/mol. The van der Waals surface area contributed by atoms with Crippen LogP contribution in [0.4, 0.5) is 0 Å². The summed E-state index contributed by atoms with van der Waals surface area (Å²) in [5, 5.41) is 4.27. The third kappa shape index (κ3) is 2.64. The van der Waals surface area contributed by atoms with Gasteiger partial charge in [-0.15, -0.1) is 0 Å². The van der Waals surface area contributed by atoms with Crippen molar-refractivity contribution < 1.29 is 0 Å². The van der Waals surface area contributed by atoms with Gasteiger partial charge in [-0.25, -0.2) is 0 Å². The fraction of sp³-hybridized carbons (Fsp3) is 0.769. The molecule has 16 heavy (non-hydrogen) atoms. The molecule has 2 rings (SSSR count). The highest BCUT2D eigenvalue weighted by atomic mass is 15.3. The summed E-state index contributed by atoms with van der Waals surface area (Å²) >= 11 is 0. The van der Waals surface area contributed by atoms with Gasteiger partial charge in [0, 0.05) is 18.8 Å². The molecule has 3 heteroatoms. The summed E-state index contributed by atoms with van der Waals surface area (Å²) in [5.74, 6) is 0.934. The molecule has 1 unspecified atom stereocenters. The first-order valence-corrected chi connectivity index (χ1v) is 6.58. The smallest absolute Gasteiger partial charge is 0.0551 e. The lowest BCUT2D eigenvalue weighted by molar-refractivity contribution is 0.440. The molecule has 0 aromatic carbocycles. The van der Waals surface area contributed by atoms with E-state index in [0.717, 1.165) is 18.9 Å². The van der Waals surface area contributed by atoms with Crippen LogP contribution in [0.25, 0.3) is 0 Å². The standard InChI is InChI=1S/C13H23N3/c1-2-16-13(9-10-15-16)12(14)8-7-11-5-3-4-6-11/h9-12H,2-8,14H2,1H3. The predicted molar refractivity (Wildman–Crippen MR) is 66.0 cm³/mol. The molecule has 0 bridgehead atoms. The Morgan fingerprint density at radius 3 is 2.94 bits per heavy atom. The van der Waals surface area contributed by atoms with Gasteiger partial charge in [-0.3, -0.25) is 4.68 Å². The van der Waals surface area contributed by atoms with Crippen molar-refractivity contribution >= 4 is 0 Å². The first-order chi connectivity index (χ1) is 7.81. The number of nitrogens with zero attached hydrogens (tertiary/aromatic N) is 2. The molecule has 1 aliphatic carbocycles. The zero-order valence-electron chi connectivity index (χ0n) is 10.2. The Hall–Kier alpha value is -0.830. The summed E-state index contributed by atoms with van der Waals surface area (Å²) in [7, 11) is 0. The molecule has 0 amide bonds. The number of nitrogens with two attached hydrogens (primary N) is 1. The Labute approximate surface area is 98.0 Å². The van der Waals surface area contributed by atoms with Crippen molar-refractivity contribution in [2.75, 3.05) is 0 Å². The molecule has 1 aliphatic rings. The summed E-state index contributed by atoms with van der Waals surface area (Å²) in [6, 6.07) is 2.23. The first-order valence-electron chi connectivity index (χ1n) is 6.58. The van der Waals surface area contributed by atoms with Crippen LogP contribution in [0.15, 0.2) is 12.3 Å². The maximum atomic E-state index is 6.23. The Bertz CT molecular complexity index is 313. The lowest BCUT2D eigenvalue weighted by atomic mass is 9.97. The Morgan fingerprint density at radius 1 is 1.50 bits per heavy atom. The van der Waals surface area contributed by atoms with Gasteiger partial charge < -0.3 is 5.73 Å². The van der Waals surface area contributed by atoms with Crippen LogP contribution in [0.2, 0.25) is 0 Å². The van der Waals surface area contributed by atoms with Crippen LogP contribution in [0.3, 0.4) is 0 Å². The largest absolute Gasteiger partial charge is 0.323 e. The minimum atomic E-state index is 0.169. The van der Waals surface area contributed by atoms with Crippen LogP contribution in [-0.4, -0.2) is 9.78 Å². The van der Waals surface area contributed by atoms with Crippen molar-refractivity contribution in [1.82, 2.24) is 9.78 Å². The van der Waals surface area contributed by atoms with Crippen LogP contribution in [0.1, 0.15) is 57.2 Å². The van der Waals surface area contributed by atoms with Gasteiger partial charge in [0.1, 0.15) is 0 Å². The highest BCUT2D eigenvalue weighted by Gasteiger charge is 2.17. The lowest BCUT2D eigenvalue weighted by Gasteiger charge is -2.15. The molecule has 3 nitrogen and oxygen atoms in total. The molecule has 0 radical (unpaired) electrons. The van der Waals surface area contributed by atoms with Gasteiger partial charge in [-0.2, -0.15) is 5.10 Å². The van der Waals surface area contributed by atoms with Gasteiger partial charge in [0.25, 0.3) is 0 Å². The fourth-order valence-electron chi connectivity index (χ4n) is 2.78. The highest BCUT2D eigenvalue weighted by Crippen LogP contribution is 2.30. The number of hydrogen-bond donors (Lipinski definition) is 1. The van der Waals surface area contributed by atoms with E-state index in [0.29, 0.717) is 0 Å². The van der Waals surface area contributed by atoms with Gasteiger partial charge in [-0.1, -0.05) is 25.7 Å². The van der Waals surface area contributed by atoms with Crippen molar-refractivity contribution in [2.45, 2.75) is 58.0 Å². The minimum Gasteiger partial charge on any atom is -0.323 e. The van der Waals surface area contributed by atoms with E-state index in [-0.39, 0.29) is 6.04 Å². The van der Waals surface area contributed by atoms with E-state index in [9.17, 15) is 0 Å². The zero-order chi connectivity index (χ0) is 11.4. The van der Waals surface area contributed by atoms with Gasteiger partial charge in [0.05, 0.1) is 5.69 Å². The van der Waals surface area contributed by atoms with E-state index in [4.69, 9.17) is 5.73 Å². The average molecular weight is 221 g/mol. The molecule has 90 valence electrons. The van der Waals surface area contributed by atoms with Crippen molar-refractivity contribution in [3.63, 3.8) is 0 Å². The summed E-state index contributed by atoms with van der Waals surface area (Å²) in [5.41, 5.74) is 7.43. The van der Waals surface area contributed by atoms with Gasteiger partial charge in [-0.05, 0) is 31.7 Å². The van der Waals surface area contributed by atoms with Crippen molar-refractivity contribution in [3.8, 4) is 0 Å². The van der Waals surface area contributed by atoms with Gasteiger partial charge in [0.2, 0.25) is 0 Å². The second-order valence-electron chi connectivity index (χ2n) is 4.91. The molecular formula is C13H23N3. The number of aryl methyl sites for hydroxylation is 1. The number of rotatable bonds is 5. The maximum absolute atomic E-state index is 6.23. The number of aromatic nitrogens is 2. The van der Waals surface area contributed by atoms with E-state index >= 15 is 0 Å². The van der Waals surface area contributed by atoms with E-state index < -0.39 is 0 Å². The van der Waals surface area contributed by atoms with Crippen molar-refractivity contribution in [1.29, 1.82) is 0 Å². The van der Waals surface area contributed by atoms with Gasteiger partial charge >= 0.3 is 0 Å². The van der Waals surface area contributed by atoms with E-state index in [1.807, 2.05) is 10.9 Å². The lowest BCUT2D eigenvalue weighted by Crippen LogP contribution is -2.16.